The fourth-order valence-corrected chi connectivity index (χ4v) is 2.88. The smallest absolute Gasteiger partial charge is 0.426 e. The number of carbonyl (C=O) groups is 2. The van der Waals surface area contributed by atoms with Crippen molar-refractivity contribution in [1.29, 1.82) is 0 Å². The minimum atomic E-state index is -1.75. The van der Waals surface area contributed by atoms with Gasteiger partial charge in [-0.2, -0.15) is 0 Å². The molecule has 0 aliphatic carbocycles. The van der Waals surface area contributed by atoms with Gasteiger partial charge in [0.15, 0.2) is 0 Å². The number of aryl methyl sites for hydroxylation is 1. The molecule has 160 valence electrons. The monoisotopic (exact) mass is 434 g/mol. The molecule has 2 aromatic rings. The molecule has 4 N–H and O–H groups in total. The molecular weight excluding hydrogens is 410 g/mol. The Bertz CT molecular complexity index is 810. The van der Waals surface area contributed by atoms with Crippen molar-refractivity contribution in [1.82, 2.24) is 20.6 Å². The molecule has 0 saturated carbocycles. The number of rotatable bonds is 11. The number of nitrogens with one attached hydrogen (secondary N) is 2. The molecule has 0 spiro atoms. The number of benzene rings is 1. The fraction of sp³-hybridized carbons (Fsp3) is 0.368. The van der Waals surface area contributed by atoms with Gasteiger partial charge >= 0.3 is 7.12 Å². The Hall–Kier alpha value is -2.53. The molecule has 1 aromatic heterocycles. The van der Waals surface area contributed by atoms with Crippen LogP contribution in [0, 0.1) is 0 Å². The molecule has 2 amide bonds. The van der Waals surface area contributed by atoms with E-state index < -0.39 is 30.9 Å². The molecule has 0 aliphatic rings. The minimum absolute atomic E-state index is 0.0492. The van der Waals surface area contributed by atoms with Crippen LogP contribution in [0.2, 0.25) is 5.02 Å². The first-order chi connectivity index (χ1) is 14.4. The van der Waals surface area contributed by atoms with Crippen molar-refractivity contribution in [3.05, 3.63) is 59.1 Å². The Balaban J connectivity index is 1.92. The van der Waals surface area contributed by atoms with Crippen LogP contribution in [-0.2, 0) is 16.0 Å². The summed E-state index contributed by atoms with van der Waals surface area (Å²) in [5.74, 6) is -2.10. The van der Waals surface area contributed by atoms with E-state index in [1.807, 2.05) is 12.1 Å². The molecule has 30 heavy (non-hydrogen) atoms. The van der Waals surface area contributed by atoms with Crippen molar-refractivity contribution in [2.75, 3.05) is 13.7 Å². The number of aromatic nitrogens is 2. The topological polar surface area (TPSA) is 134 Å². The van der Waals surface area contributed by atoms with Crippen molar-refractivity contribution in [2.24, 2.45) is 0 Å². The lowest BCUT2D eigenvalue weighted by molar-refractivity contribution is -0.124. The van der Waals surface area contributed by atoms with Crippen LogP contribution in [0.25, 0.3) is 0 Å². The van der Waals surface area contributed by atoms with Crippen LogP contribution in [0.4, 0.5) is 0 Å². The van der Waals surface area contributed by atoms with Crippen molar-refractivity contribution in [2.45, 2.75) is 31.2 Å². The number of hydrogen-bond donors (Lipinski definition) is 4. The van der Waals surface area contributed by atoms with Gasteiger partial charge in [-0.3, -0.25) is 14.6 Å². The zero-order valence-corrected chi connectivity index (χ0v) is 17.2. The van der Waals surface area contributed by atoms with Gasteiger partial charge < -0.3 is 25.4 Å². The van der Waals surface area contributed by atoms with Crippen LogP contribution in [0.15, 0.2) is 42.9 Å². The standard InChI is InChI=1S/C19H24BClN4O5/c1-30-12-16(24-18(26)15-11-22-9-10-23-15)19(27)25-17(20(28)29)4-2-3-13-5-7-14(21)8-6-13/h5-11,16-17,28-29H,2-4,12H2,1H3,(H,24,26)(H,25,27). The highest BCUT2D eigenvalue weighted by Gasteiger charge is 2.29. The molecule has 2 unspecified atom stereocenters. The average Bonchev–Trinajstić information content (AvgIpc) is 2.74. The van der Waals surface area contributed by atoms with Gasteiger partial charge in [0.25, 0.3) is 5.91 Å². The Morgan fingerprint density at radius 1 is 1.20 bits per heavy atom. The van der Waals surface area contributed by atoms with Gasteiger partial charge in [-0.25, -0.2) is 4.98 Å². The number of carbonyl (C=O) groups excluding carboxylic acids is 2. The number of methoxy groups -OCH3 is 1. The van der Waals surface area contributed by atoms with E-state index >= 15 is 0 Å². The second kappa shape index (κ2) is 12.2. The first kappa shape index (κ1) is 23.8. The van der Waals surface area contributed by atoms with E-state index in [1.165, 1.54) is 25.7 Å². The third-order valence-corrected chi connectivity index (χ3v) is 4.58. The summed E-state index contributed by atoms with van der Waals surface area (Å²) in [6.07, 6.45) is 5.66. The van der Waals surface area contributed by atoms with Crippen LogP contribution in [0.5, 0.6) is 0 Å². The Morgan fingerprint density at radius 3 is 2.53 bits per heavy atom. The second-order valence-corrected chi connectivity index (χ2v) is 7.06. The highest BCUT2D eigenvalue weighted by atomic mass is 35.5. The lowest BCUT2D eigenvalue weighted by atomic mass is 9.76. The van der Waals surface area contributed by atoms with E-state index in [1.54, 1.807) is 12.1 Å². The second-order valence-electron chi connectivity index (χ2n) is 6.62. The predicted molar refractivity (Wildman–Crippen MR) is 112 cm³/mol. The highest BCUT2D eigenvalue weighted by Crippen LogP contribution is 2.12. The third kappa shape index (κ3) is 7.71. The van der Waals surface area contributed by atoms with Crippen LogP contribution in [0.3, 0.4) is 0 Å². The van der Waals surface area contributed by atoms with Crippen LogP contribution in [-0.4, -0.2) is 64.6 Å². The first-order valence-corrected chi connectivity index (χ1v) is 9.75. The van der Waals surface area contributed by atoms with E-state index in [-0.39, 0.29) is 12.3 Å². The van der Waals surface area contributed by atoms with E-state index in [0.29, 0.717) is 24.3 Å². The molecule has 2 rings (SSSR count). The third-order valence-electron chi connectivity index (χ3n) is 4.33. The number of halogens is 1. The number of ether oxygens (including phenoxy) is 1. The summed E-state index contributed by atoms with van der Waals surface area (Å²) in [5, 5.41) is 25.0. The number of nitrogens with zero attached hydrogens (tertiary/aromatic N) is 2. The fourth-order valence-electron chi connectivity index (χ4n) is 2.75. The summed E-state index contributed by atoms with van der Waals surface area (Å²) < 4.78 is 5.01. The summed E-state index contributed by atoms with van der Waals surface area (Å²) >= 11 is 5.86. The molecule has 1 aromatic carbocycles. The van der Waals surface area contributed by atoms with Gasteiger partial charge in [0.1, 0.15) is 11.7 Å². The maximum absolute atomic E-state index is 12.6. The molecule has 0 fully saturated rings. The van der Waals surface area contributed by atoms with E-state index in [9.17, 15) is 19.6 Å². The van der Waals surface area contributed by atoms with Crippen molar-refractivity contribution >= 4 is 30.5 Å². The summed E-state index contributed by atoms with van der Waals surface area (Å²) in [4.78, 5) is 32.5. The van der Waals surface area contributed by atoms with Gasteiger partial charge in [0.05, 0.1) is 18.7 Å². The van der Waals surface area contributed by atoms with E-state index in [4.69, 9.17) is 16.3 Å². The van der Waals surface area contributed by atoms with Gasteiger partial charge in [0.2, 0.25) is 5.91 Å². The van der Waals surface area contributed by atoms with E-state index in [2.05, 4.69) is 20.6 Å². The Labute approximate surface area is 180 Å². The van der Waals surface area contributed by atoms with Crippen molar-refractivity contribution in [3.8, 4) is 0 Å². The number of hydrogen-bond acceptors (Lipinski definition) is 7. The predicted octanol–water partition coefficient (Wildman–Crippen LogP) is 0.394. The number of amides is 2. The normalized spacial score (nSPS) is 12.7. The lowest BCUT2D eigenvalue weighted by Gasteiger charge is -2.22. The molecular formula is C19H24BClN4O5. The summed E-state index contributed by atoms with van der Waals surface area (Å²) in [5.41, 5.74) is 1.10. The van der Waals surface area contributed by atoms with Gasteiger partial charge in [-0.05, 0) is 37.0 Å². The zero-order chi connectivity index (χ0) is 21.9. The maximum atomic E-state index is 12.6. The molecule has 9 nitrogen and oxygen atoms in total. The summed E-state index contributed by atoms with van der Waals surface area (Å²) in [6.45, 7) is -0.100. The zero-order valence-electron chi connectivity index (χ0n) is 16.5. The quantitative estimate of drug-likeness (QED) is 0.376. The Morgan fingerprint density at radius 2 is 1.93 bits per heavy atom. The minimum Gasteiger partial charge on any atom is -0.426 e. The SMILES string of the molecule is COCC(NC(=O)c1cnccn1)C(=O)NC(CCCc1ccc(Cl)cc1)B(O)O. The van der Waals surface area contributed by atoms with Crippen LogP contribution in [0.1, 0.15) is 28.9 Å². The van der Waals surface area contributed by atoms with Crippen molar-refractivity contribution < 1.29 is 24.4 Å². The van der Waals surface area contributed by atoms with Gasteiger partial charge in [0, 0.05) is 24.5 Å². The molecule has 1 heterocycles. The molecule has 0 aliphatic heterocycles. The molecule has 0 bridgehead atoms. The summed E-state index contributed by atoms with van der Waals surface area (Å²) in [7, 11) is -0.364. The molecule has 11 heteroatoms. The first-order valence-electron chi connectivity index (χ1n) is 9.37. The van der Waals surface area contributed by atoms with Crippen LogP contribution < -0.4 is 10.6 Å². The molecule has 0 radical (unpaired) electrons. The summed E-state index contributed by atoms with van der Waals surface area (Å²) in [6, 6.07) is 6.31. The maximum Gasteiger partial charge on any atom is 0.475 e. The molecule has 0 saturated heterocycles. The van der Waals surface area contributed by atoms with E-state index in [0.717, 1.165) is 5.56 Å². The largest absolute Gasteiger partial charge is 0.475 e. The highest BCUT2D eigenvalue weighted by molar-refractivity contribution is 6.43. The Kier molecular flexibility index (Phi) is 9.69. The van der Waals surface area contributed by atoms with Crippen LogP contribution >= 0.6 is 11.6 Å². The average molecular weight is 435 g/mol. The molecule has 2 atom stereocenters. The lowest BCUT2D eigenvalue weighted by Crippen LogP contribution is -2.55. The van der Waals surface area contributed by atoms with Crippen molar-refractivity contribution in [3.63, 3.8) is 0 Å². The van der Waals surface area contributed by atoms with Gasteiger partial charge in [-0.15, -0.1) is 0 Å². The van der Waals surface area contributed by atoms with Gasteiger partial charge in [-0.1, -0.05) is 23.7 Å².